The summed E-state index contributed by atoms with van der Waals surface area (Å²) in [6.45, 7) is 3.81. The third-order valence-corrected chi connectivity index (χ3v) is 3.46. The summed E-state index contributed by atoms with van der Waals surface area (Å²) in [6.07, 6.45) is 1.01. The summed E-state index contributed by atoms with van der Waals surface area (Å²) in [7, 11) is 0. The smallest absolute Gasteiger partial charge is 0.326 e. The van der Waals surface area contributed by atoms with E-state index in [4.69, 9.17) is 5.73 Å². The van der Waals surface area contributed by atoms with Gasteiger partial charge >= 0.3 is 5.97 Å². The third-order valence-electron chi connectivity index (χ3n) is 3.46. The molecule has 0 aromatic heterocycles. The highest BCUT2D eigenvalue weighted by molar-refractivity contribution is 5.87. The normalized spacial score (nSPS) is 15.2. The Morgan fingerprint density at radius 2 is 1.90 bits per heavy atom. The van der Waals surface area contributed by atoms with E-state index < -0.39 is 24.0 Å². The van der Waals surface area contributed by atoms with E-state index >= 15 is 0 Å². The van der Waals surface area contributed by atoms with Crippen molar-refractivity contribution >= 4 is 11.9 Å². The molecule has 20 heavy (non-hydrogen) atoms. The van der Waals surface area contributed by atoms with Crippen molar-refractivity contribution in [3.63, 3.8) is 0 Å². The Hall–Kier alpha value is -1.88. The average molecular weight is 278 g/mol. The van der Waals surface area contributed by atoms with E-state index in [-0.39, 0.29) is 12.3 Å². The molecular weight excluding hydrogens is 256 g/mol. The lowest BCUT2D eigenvalue weighted by Gasteiger charge is -2.21. The maximum Gasteiger partial charge on any atom is 0.326 e. The highest BCUT2D eigenvalue weighted by atomic mass is 16.4. The van der Waals surface area contributed by atoms with Gasteiger partial charge in [-0.1, -0.05) is 50.6 Å². The van der Waals surface area contributed by atoms with Crippen molar-refractivity contribution in [2.45, 2.75) is 38.8 Å². The Kier molecular flexibility index (Phi) is 6.18. The fourth-order valence-electron chi connectivity index (χ4n) is 1.83. The molecule has 110 valence electrons. The first-order valence-electron chi connectivity index (χ1n) is 6.78. The number of amides is 1. The maximum atomic E-state index is 11.9. The van der Waals surface area contributed by atoms with Crippen LogP contribution in [-0.4, -0.2) is 29.1 Å². The molecule has 5 nitrogen and oxygen atoms in total. The van der Waals surface area contributed by atoms with E-state index in [9.17, 15) is 14.7 Å². The van der Waals surface area contributed by atoms with Crippen LogP contribution in [0.3, 0.4) is 0 Å². The van der Waals surface area contributed by atoms with Crippen molar-refractivity contribution in [2.24, 2.45) is 11.7 Å². The monoisotopic (exact) mass is 278 g/mol. The van der Waals surface area contributed by atoms with Crippen LogP contribution in [0.25, 0.3) is 0 Å². The zero-order valence-electron chi connectivity index (χ0n) is 11.9. The van der Waals surface area contributed by atoms with Crippen LogP contribution < -0.4 is 11.1 Å². The quantitative estimate of drug-likeness (QED) is 0.698. The van der Waals surface area contributed by atoms with Gasteiger partial charge in [0, 0.05) is 6.42 Å². The van der Waals surface area contributed by atoms with E-state index in [2.05, 4.69) is 5.32 Å². The zero-order chi connectivity index (χ0) is 15.1. The number of carbonyl (C=O) groups is 2. The first-order chi connectivity index (χ1) is 9.45. The van der Waals surface area contributed by atoms with Gasteiger partial charge in [0.05, 0.1) is 6.04 Å². The van der Waals surface area contributed by atoms with E-state index in [1.807, 2.05) is 44.2 Å². The molecule has 0 saturated heterocycles. The number of hydrogen-bond acceptors (Lipinski definition) is 3. The van der Waals surface area contributed by atoms with Gasteiger partial charge in [-0.15, -0.1) is 0 Å². The van der Waals surface area contributed by atoms with Crippen LogP contribution in [0.2, 0.25) is 0 Å². The Balaban J connectivity index is 2.68. The van der Waals surface area contributed by atoms with E-state index in [0.29, 0.717) is 0 Å². The molecule has 0 heterocycles. The third kappa shape index (κ3) is 4.66. The van der Waals surface area contributed by atoms with Crippen molar-refractivity contribution in [1.82, 2.24) is 5.32 Å². The molecule has 1 aromatic rings. The van der Waals surface area contributed by atoms with Gasteiger partial charge in [-0.05, 0) is 11.5 Å². The number of benzene rings is 1. The minimum atomic E-state index is -1.06. The predicted molar refractivity (Wildman–Crippen MR) is 77.1 cm³/mol. The van der Waals surface area contributed by atoms with Crippen molar-refractivity contribution in [1.29, 1.82) is 0 Å². The lowest BCUT2D eigenvalue weighted by molar-refractivity contribution is -0.142. The number of nitrogens with one attached hydrogen (secondary N) is 1. The van der Waals surface area contributed by atoms with Gasteiger partial charge in [0.15, 0.2) is 0 Å². The van der Waals surface area contributed by atoms with Gasteiger partial charge < -0.3 is 16.2 Å². The number of rotatable bonds is 7. The standard InChI is InChI=1S/C15H22N2O3/c1-3-10(2)13(16)14(18)17-12(15(19)20)9-11-7-5-4-6-8-11/h4-8,10,12-13H,3,9,16H2,1-2H3,(H,17,18)(H,19,20)/t10-,12+,13-/m1/s1. The predicted octanol–water partition coefficient (Wildman–Crippen LogP) is 1.17. The molecule has 0 radical (unpaired) electrons. The van der Waals surface area contributed by atoms with Crippen LogP contribution in [0, 0.1) is 5.92 Å². The summed E-state index contributed by atoms with van der Waals surface area (Å²) < 4.78 is 0. The largest absolute Gasteiger partial charge is 0.480 e. The number of carboxylic acids is 1. The van der Waals surface area contributed by atoms with Gasteiger partial charge in [-0.25, -0.2) is 4.79 Å². The topological polar surface area (TPSA) is 92.4 Å². The Morgan fingerprint density at radius 3 is 2.40 bits per heavy atom. The van der Waals surface area contributed by atoms with Crippen LogP contribution in [-0.2, 0) is 16.0 Å². The summed E-state index contributed by atoms with van der Waals surface area (Å²) in [6, 6.07) is 7.55. The number of carboxylic acid groups (broad SMARTS) is 1. The second kappa shape index (κ2) is 7.65. The van der Waals surface area contributed by atoms with Crippen molar-refractivity contribution < 1.29 is 14.7 Å². The molecule has 0 unspecified atom stereocenters. The molecule has 0 bridgehead atoms. The van der Waals surface area contributed by atoms with Crippen LogP contribution in [0.15, 0.2) is 30.3 Å². The van der Waals surface area contributed by atoms with Gasteiger partial charge in [0.2, 0.25) is 5.91 Å². The molecule has 4 N–H and O–H groups in total. The molecule has 0 aliphatic rings. The Bertz CT molecular complexity index is 448. The van der Waals surface area contributed by atoms with Crippen LogP contribution in [0.5, 0.6) is 0 Å². The van der Waals surface area contributed by atoms with E-state index in [1.54, 1.807) is 0 Å². The first-order valence-corrected chi connectivity index (χ1v) is 6.78. The highest BCUT2D eigenvalue weighted by Crippen LogP contribution is 2.07. The number of nitrogens with two attached hydrogens (primary N) is 1. The lowest BCUT2D eigenvalue weighted by atomic mass is 9.98. The lowest BCUT2D eigenvalue weighted by Crippen LogP contribution is -2.51. The second-order valence-electron chi connectivity index (χ2n) is 5.00. The second-order valence-corrected chi connectivity index (χ2v) is 5.00. The fraction of sp³-hybridized carbons (Fsp3) is 0.467. The summed E-state index contributed by atoms with van der Waals surface area (Å²) in [5, 5.41) is 11.7. The SMILES string of the molecule is CC[C@@H](C)[C@@H](N)C(=O)N[C@@H](Cc1ccccc1)C(=O)O. The molecule has 0 aliphatic carbocycles. The van der Waals surface area contributed by atoms with Crippen molar-refractivity contribution in [2.75, 3.05) is 0 Å². The number of aliphatic carboxylic acids is 1. The summed E-state index contributed by atoms with van der Waals surface area (Å²) in [4.78, 5) is 23.2. The molecule has 1 rings (SSSR count). The van der Waals surface area contributed by atoms with Gasteiger partial charge in [-0.2, -0.15) is 0 Å². The Morgan fingerprint density at radius 1 is 1.30 bits per heavy atom. The van der Waals surface area contributed by atoms with Gasteiger partial charge in [-0.3, -0.25) is 4.79 Å². The highest BCUT2D eigenvalue weighted by Gasteiger charge is 2.25. The number of carbonyl (C=O) groups excluding carboxylic acids is 1. The summed E-state index contributed by atoms with van der Waals surface area (Å²) in [5.41, 5.74) is 6.67. The minimum Gasteiger partial charge on any atom is -0.480 e. The average Bonchev–Trinajstić information content (AvgIpc) is 2.45. The van der Waals surface area contributed by atoms with Crippen molar-refractivity contribution in [3.05, 3.63) is 35.9 Å². The van der Waals surface area contributed by atoms with Crippen LogP contribution in [0.1, 0.15) is 25.8 Å². The molecule has 1 amide bonds. The van der Waals surface area contributed by atoms with Crippen LogP contribution in [0.4, 0.5) is 0 Å². The molecular formula is C15H22N2O3. The van der Waals surface area contributed by atoms with Crippen molar-refractivity contribution in [3.8, 4) is 0 Å². The molecule has 0 spiro atoms. The van der Waals surface area contributed by atoms with E-state index in [0.717, 1.165) is 12.0 Å². The first kappa shape index (κ1) is 16.2. The number of hydrogen-bond donors (Lipinski definition) is 3. The van der Waals surface area contributed by atoms with Gasteiger partial charge in [0.25, 0.3) is 0 Å². The molecule has 5 heteroatoms. The molecule has 1 aromatic carbocycles. The van der Waals surface area contributed by atoms with Gasteiger partial charge in [0.1, 0.15) is 6.04 Å². The van der Waals surface area contributed by atoms with E-state index in [1.165, 1.54) is 0 Å². The molecule has 0 fully saturated rings. The molecule has 0 aliphatic heterocycles. The zero-order valence-corrected chi connectivity index (χ0v) is 11.9. The maximum absolute atomic E-state index is 11.9. The Labute approximate surface area is 119 Å². The summed E-state index contributed by atoms with van der Waals surface area (Å²) >= 11 is 0. The molecule has 3 atom stereocenters. The summed E-state index contributed by atoms with van der Waals surface area (Å²) in [5.74, 6) is -1.46. The van der Waals surface area contributed by atoms with Crippen LogP contribution >= 0.6 is 0 Å². The minimum absolute atomic E-state index is 0.0150. The fourth-order valence-corrected chi connectivity index (χ4v) is 1.83. The molecule has 0 saturated carbocycles.